The quantitative estimate of drug-likeness (QED) is 0.794. The van der Waals surface area contributed by atoms with Gasteiger partial charge in [0.1, 0.15) is 0 Å². The van der Waals surface area contributed by atoms with Gasteiger partial charge in [0.05, 0.1) is 11.8 Å². The van der Waals surface area contributed by atoms with Crippen molar-refractivity contribution in [1.82, 2.24) is 0 Å². The summed E-state index contributed by atoms with van der Waals surface area (Å²) in [6.07, 6.45) is 2.67. The number of carboxylic acids is 1. The average Bonchev–Trinajstić information content (AvgIpc) is 3.07. The number of carbonyl (C=O) groups is 3. The zero-order valence-corrected chi connectivity index (χ0v) is 12.9. The van der Waals surface area contributed by atoms with Crippen LogP contribution in [0.15, 0.2) is 24.3 Å². The molecule has 3 rings (SSSR count). The van der Waals surface area contributed by atoms with Crippen molar-refractivity contribution >= 4 is 29.2 Å². The van der Waals surface area contributed by atoms with Crippen LogP contribution in [0.25, 0.3) is 0 Å². The van der Waals surface area contributed by atoms with Gasteiger partial charge in [-0.3, -0.25) is 14.4 Å². The fourth-order valence-corrected chi connectivity index (χ4v) is 4.13. The summed E-state index contributed by atoms with van der Waals surface area (Å²) in [5.74, 6) is -2.04. The van der Waals surface area contributed by atoms with E-state index in [4.69, 9.17) is 0 Å². The molecule has 2 saturated carbocycles. The van der Waals surface area contributed by atoms with Crippen LogP contribution in [0.2, 0.25) is 0 Å². The van der Waals surface area contributed by atoms with Crippen LogP contribution in [0.3, 0.4) is 0 Å². The summed E-state index contributed by atoms with van der Waals surface area (Å²) in [5.41, 5.74) is 1.16. The fourth-order valence-electron chi connectivity index (χ4n) is 4.13. The third kappa shape index (κ3) is 3.06. The van der Waals surface area contributed by atoms with Gasteiger partial charge < -0.3 is 15.7 Å². The first-order chi connectivity index (χ1) is 11.0. The first-order valence-electron chi connectivity index (χ1n) is 7.87. The first kappa shape index (κ1) is 15.5. The van der Waals surface area contributed by atoms with Gasteiger partial charge in [-0.1, -0.05) is 6.07 Å². The lowest BCUT2D eigenvalue weighted by Crippen LogP contribution is -2.37. The summed E-state index contributed by atoms with van der Waals surface area (Å²) in [6.45, 7) is 1.41. The lowest BCUT2D eigenvalue weighted by molar-refractivity contribution is -0.148. The van der Waals surface area contributed by atoms with Crippen molar-refractivity contribution in [2.75, 3.05) is 10.6 Å². The highest BCUT2D eigenvalue weighted by Gasteiger charge is 2.53. The molecule has 122 valence electrons. The minimum Gasteiger partial charge on any atom is -0.481 e. The molecule has 0 radical (unpaired) electrons. The van der Waals surface area contributed by atoms with Crippen molar-refractivity contribution in [1.29, 1.82) is 0 Å². The summed E-state index contributed by atoms with van der Waals surface area (Å²) in [7, 11) is 0. The molecule has 2 bridgehead atoms. The van der Waals surface area contributed by atoms with Gasteiger partial charge in [-0.25, -0.2) is 0 Å². The molecule has 0 aromatic heterocycles. The van der Waals surface area contributed by atoms with Gasteiger partial charge in [0.15, 0.2) is 0 Å². The van der Waals surface area contributed by atoms with Gasteiger partial charge in [0.25, 0.3) is 0 Å². The molecule has 2 fully saturated rings. The standard InChI is InChI=1S/C17H20N2O4/c1-9(20)18-12-3-2-4-13(8-12)19-16(21)14-10-5-6-11(7-10)15(14)17(22)23/h2-4,8,10-11,14-15H,5-7H2,1H3,(H,18,20)(H,19,21)(H,22,23)/t10-,11-,14+,15+/m0/s1. The first-order valence-corrected chi connectivity index (χ1v) is 7.87. The molecule has 0 aliphatic heterocycles. The van der Waals surface area contributed by atoms with Crippen LogP contribution < -0.4 is 10.6 Å². The molecule has 1 aromatic carbocycles. The second kappa shape index (κ2) is 6.02. The van der Waals surface area contributed by atoms with Gasteiger partial charge in [-0.15, -0.1) is 0 Å². The summed E-state index contributed by atoms with van der Waals surface area (Å²) in [5, 5.41) is 14.9. The van der Waals surface area contributed by atoms with Crippen molar-refractivity contribution in [3.63, 3.8) is 0 Å². The van der Waals surface area contributed by atoms with Crippen LogP contribution in [-0.4, -0.2) is 22.9 Å². The Kier molecular flexibility index (Phi) is 4.07. The van der Waals surface area contributed by atoms with E-state index < -0.39 is 17.8 Å². The second-order valence-corrected chi connectivity index (χ2v) is 6.47. The molecule has 6 nitrogen and oxygen atoms in total. The maximum Gasteiger partial charge on any atom is 0.307 e. The Bertz CT molecular complexity index is 658. The lowest BCUT2D eigenvalue weighted by Gasteiger charge is -2.27. The maximum absolute atomic E-state index is 12.6. The maximum atomic E-state index is 12.6. The number of benzene rings is 1. The van der Waals surface area contributed by atoms with E-state index in [-0.39, 0.29) is 23.7 Å². The molecular formula is C17H20N2O4. The Hall–Kier alpha value is -2.37. The molecule has 23 heavy (non-hydrogen) atoms. The van der Waals surface area contributed by atoms with Gasteiger partial charge in [0.2, 0.25) is 11.8 Å². The van der Waals surface area contributed by atoms with Crippen LogP contribution in [0.1, 0.15) is 26.2 Å². The predicted octanol–water partition coefficient (Wildman–Crippen LogP) is 2.33. The number of aliphatic carboxylic acids is 1. The number of carboxylic acid groups (broad SMARTS) is 1. The van der Waals surface area contributed by atoms with E-state index in [9.17, 15) is 19.5 Å². The van der Waals surface area contributed by atoms with Crippen LogP contribution >= 0.6 is 0 Å². The monoisotopic (exact) mass is 316 g/mol. The SMILES string of the molecule is CC(=O)Nc1cccc(NC(=O)[C@@H]2[C@H]3CC[C@@H](C3)[C@H]2C(=O)O)c1. The van der Waals surface area contributed by atoms with E-state index in [1.807, 2.05) is 0 Å². The Balaban J connectivity index is 1.74. The Labute approximate surface area is 134 Å². The van der Waals surface area contributed by atoms with Crippen LogP contribution in [0.4, 0.5) is 11.4 Å². The predicted molar refractivity (Wildman–Crippen MR) is 84.8 cm³/mol. The molecule has 0 heterocycles. The van der Waals surface area contributed by atoms with E-state index in [1.54, 1.807) is 24.3 Å². The minimum atomic E-state index is -0.871. The van der Waals surface area contributed by atoms with Gasteiger partial charge in [-0.2, -0.15) is 0 Å². The highest BCUT2D eigenvalue weighted by Crippen LogP contribution is 2.52. The van der Waals surface area contributed by atoms with Crippen LogP contribution in [0, 0.1) is 23.7 Å². The van der Waals surface area contributed by atoms with E-state index >= 15 is 0 Å². The van der Waals surface area contributed by atoms with Gasteiger partial charge in [-0.05, 0) is 49.3 Å². The zero-order chi connectivity index (χ0) is 16.6. The molecule has 0 unspecified atom stereocenters. The largest absolute Gasteiger partial charge is 0.481 e. The molecule has 2 aliphatic rings. The number of anilines is 2. The highest BCUT2D eigenvalue weighted by molar-refractivity contribution is 5.97. The summed E-state index contributed by atoms with van der Waals surface area (Å²) in [4.78, 5) is 35.2. The molecule has 6 heteroatoms. The van der Waals surface area contributed by atoms with E-state index in [2.05, 4.69) is 10.6 Å². The topological polar surface area (TPSA) is 95.5 Å². The lowest BCUT2D eigenvalue weighted by atomic mass is 9.78. The number of fused-ring (bicyclic) bond motifs is 2. The molecule has 2 aliphatic carbocycles. The van der Waals surface area contributed by atoms with Crippen LogP contribution in [-0.2, 0) is 14.4 Å². The molecular weight excluding hydrogens is 296 g/mol. The number of carbonyl (C=O) groups excluding carboxylic acids is 2. The van der Waals surface area contributed by atoms with Crippen molar-refractivity contribution in [2.45, 2.75) is 26.2 Å². The summed E-state index contributed by atoms with van der Waals surface area (Å²) < 4.78 is 0. The number of amides is 2. The Morgan fingerprint density at radius 1 is 1.04 bits per heavy atom. The molecule has 4 atom stereocenters. The zero-order valence-electron chi connectivity index (χ0n) is 12.9. The fraction of sp³-hybridized carbons (Fsp3) is 0.471. The molecule has 1 aromatic rings. The van der Waals surface area contributed by atoms with Crippen molar-refractivity contribution < 1.29 is 19.5 Å². The highest BCUT2D eigenvalue weighted by atomic mass is 16.4. The van der Waals surface area contributed by atoms with E-state index in [0.29, 0.717) is 11.4 Å². The number of rotatable bonds is 4. The molecule has 0 spiro atoms. The Morgan fingerprint density at radius 3 is 2.26 bits per heavy atom. The van der Waals surface area contributed by atoms with Gasteiger partial charge >= 0.3 is 5.97 Å². The molecule has 0 saturated heterocycles. The number of hydrogen-bond donors (Lipinski definition) is 3. The number of hydrogen-bond acceptors (Lipinski definition) is 3. The molecule has 2 amide bonds. The third-order valence-electron chi connectivity index (χ3n) is 4.95. The van der Waals surface area contributed by atoms with E-state index in [0.717, 1.165) is 19.3 Å². The summed E-state index contributed by atoms with van der Waals surface area (Å²) in [6, 6.07) is 6.86. The van der Waals surface area contributed by atoms with Crippen molar-refractivity contribution in [3.8, 4) is 0 Å². The third-order valence-corrected chi connectivity index (χ3v) is 4.95. The Morgan fingerprint density at radius 2 is 1.65 bits per heavy atom. The van der Waals surface area contributed by atoms with Crippen molar-refractivity contribution in [3.05, 3.63) is 24.3 Å². The average molecular weight is 316 g/mol. The van der Waals surface area contributed by atoms with Crippen molar-refractivity contribution in [2.24, 2.45) is 23.7 Å². The number of nitrogens with one attached hydrogen (secondary N) is 2. The molecule has 3 N–H and O–H groups in total. The van der Waals surface area contributed by atoms with E-state index in [1.165, 1.54) is 6.92 Å². The second-order valence-electron chi connectivity index (χ2n) is 6.47. The summed E-state index contributed by atoms with van der Waals surface area (Å²) >= 11 is 0. The van der Waals surface area contributed by atoms with Gasteiger partial charge in [0, 0.05) is 18.3 Å². The minimum absolute atomic E-state index is 0.124. The smallest absolute Gasteiger partial charge is 0.307 e. The normalized spacial score (nSPS) is 28.4. The van der Waals surface area contributed by atoms with Crippen LogP contribution in [0.5, 0.6) is 0 Å².